The lowest BCUT2D eigenvalue weighted by atomic mass is 9.99. The van der Waals surface area contributed by atoms with Crippen LogP contribution in [0.2, 0.25) is 0 Å². The first-order chi connectivity index (χ1) is 21.3. The van der Waals surface area contributed by atoms with Crippen LogP contribution in [0.3, 0.4) is 0 Å². The van der Waals surface area contributed by atoms with Crippen LogP contribution in [0.4, 0.5) is 0 Å². The molecule has 3 nitrogen and oxygen atoms in total. The molecule has 4 heterocycles. The molecule has 11 aromatic rings. The minimum absolute atomic E-state index is 0.919. The highest BCUT2D eigenvalue weighted by atomic mass is 16.3. The molecular weight excluding hydrogens is 526 g/mol. The molecule has 3 heteroatoms. The molecule has 0 atom stereocenters. The number of fused-ring (bicyclic) bond motifs is 14. The third kappa shape index (κ3) is 2.66. The lowest BCUT2D eigenvalue weighted by Gasteiger charge is -2.06. The van der Waals surface area contributed by atoms with Gasteiger partial charge in [0.1, 0.15) is 22.3 Å². The second kappa shape index (κ2) is 7.53. The Morgan fingerprint density at radius 3 is 2.07 bits per heavy atom. The maximum atomic E-state index is 6.42. The zero-order chi connectivity index (χ0) is 27.8. The van der Waals surface area contributed by atoms with Crippen molar-refractivity contribution in [1.29, 1.82) is 0 Å². The van der Waals surface area contributed by atoms with Gasteiger partial charge in [0, 0.05) is 48.7 Å². The van der Waals surface area contributed by atoms with Gasteiger partial charge >= 0.3 is 0 Å². The van der Waals surface area contributed by atoms with Crippen LogP contribution in [0.25, 0.3) is 104 Å². The molecule has 43 heavy (non-hydrogen) atoms. The molecule has 0 amide bonds. The molecule has 0 spiro atoms. The zero-order valence-corrected chi connectivity index (χ0v) is 22.9. The van der Waals surface area contributed by atoms with E-state index in [1.807, 2.05) is 24.3 Å². The number of benzene rings is 7. The monoisotopic (exact) mass is 547 g/mol. The van der Waals surface area contributed by atoms with Gasteiger partial charge in [0.2, 0.25) is 0 Å². The summed E-state index contributed by atoms with van der Waals surface area (Å²) in [5.41, 5.74) is 9.68. The van der Waals surface area contributed by atoms with E-state index in [2.05, 4.69) is 108 Å². The quantitative estimate of drug-likeness (QED) is 0.205. The first kappa shape index (κ1) is 21.9. The van der Waals surface area contributed by atoms with Crippen LogP contribution in [0.1, 0.15) is 0 Å². The molecule has 7 aromatic carbocycles. The Hall–Kier alpha value is -5.80. The SMILES string of the molecule is c1ccc2c(c1)oc1cc3ccc4c(c3cc12)c1cccc2c3ccc(-c5cccc6c5oc5ccccc56)cc3n4c21. The maximum absolute atomic E-state index is 6.42. The van der Waals surface area contributed by atoms with E-state index in [9.17, 15) is 0 Å². The predicted molar refractivity (Wildman–Crippen MR) is 179 cm³/mol. The first-order valence-corrected chi connectivity index (χ1v) is 14.7. The number of aromatic nitrogens is 1. The Bertz CT molecular complexity index is 2950. The third-order valence-corrected chi connectivity index (χ3v) is 9.51. The summed E-state index contributed by atoms with van der Waals surface area (Å²) < 4.78 is 15.1. The van der Waals surface area contributed by atoms with Crippen molar-refractivity contribution in [1.82, 2.24) is 4.40 Å². The highest BCUT2D eigenvalue weighted by Crippen LogP contribution is 2.44. The van der Waals surface area contributed by atoms with Gasteiger partial charge in [-0.15, -0.1) is 0 Å². The van der Waals surface area contributed by atoms with Crippen LogP contribution >= 0.6 is 0 Å². The Kier molecular flexibility index (Phi) is 3.83. The van der Waals surface area contributed by atoms with Gasteiger partial charge in [-0.05, 0) is 52.7 Å². The number of rotatable bonds is 1. The summed E-state index contributed by atoms with van der Waals surface area (Å²) in [7, 11) is 0. The number of furan rings is 2. The second-order valence-electron chi connectivity index (χ2n) is 11.7. The van der Waals surface area contributed by atoms with Crippen molar-refractivity contribution >= 4 is 92.7 Å². The maximum Gasteiger partial charge on any atom is 0.143 e. The lowest BCUT2D eigenvalue weighted by molar-refractivity contribution is 0.669. The molecule has 0 aliphatic rings. The molecule has 0 fully saturated rings. The molecule has 11 rings (SSSR count). The van der Waals surface area contributed by atoms with Gasteiger partial charge in [0.05, 0.1) is 16.6 Å². The van der Waals surface area contributed by atoms with Gasteiger partial charge in [-0.25, -0.2) is 0 Å². The third-order valence-electron chi connectivity index (χ3n) is 9.51. The van der Waals surface area contributed by atoms with Gasteiger partial charge in [-0.3, -0.25) is 0 Å². The van der Waals surface area contributed by atoms with Crippen molar-refractivity contribution in [2.45, 2.75) is 0 Å². The smallest absolute Gasteiger partial charge is 0.143 e. The summed E-state index contributed by atoms with van der Waals surface area (Å²) in [5, 5.41) is 12.2. The normalized spacial score (nSPS) is 12.7. The van der Waals surface area contributed by atoms with E-state index in [0.717, 1.165) is 55.0 Å². The molecule has 0 unspecified atom stereocenters. The minimum atomic E-state index is 0.919. The molecule has 0 N–H and O–H groups in total. The van der Waals surface area contributed by atoms with E-state index >= 15 is 0 Å². The van der Waals surface area contributed by atoms with Gasteiger partial charge in [-0.1, -0.05) is 91.0 Å². The Morgan fingerprint density at radius 2 is 1.16 bits per heavy atom. The summed E-state index contributed by atoms with van der Waals surface area (Å²) >= 11 is 0. The van der Waals surface area contributed by atoms with Crippen LogP contribution < -0.4 is 0 Å². The Balaban J connectivity index is 1.26. The predicted octanol–water partition coefficient (Wildman–Crippen LogP) is 11.5. The van der Waals surface area contributed by atoms with Crippen LogP contribution in [0.5, 0.6) is 0 Å². The standard InChI is InChI=1S/C40H21NO2/c1-4-14-36-26(7-1)29-11-5-9-24(40(29)43-36)22-15-17-25-28-10-6-12-30-38-31-21-32-27-8-2-3-13-35(27)42-37(32)20-23(31)16-18-33(38)41(39(28)30)34(25)19-22/h1-21H. The fraction of sp³-hybridized carbons (Fsp3) is 0. The summed E-state index contributed by atoms with van der Waals surface area (Å²) in [6, 6.07) is 45.7. The summed E-state index contributed by atoms with van der Waals surface area (Å²) in [5.74, 6) is 0. The number of hydrogen-bond acceptors (Lipinski definition) is 2. The van der Waals surface area contributed by atoms with E-state index in [4.69, 9.17) is 8.83 Å². The number of para-hydroxylation sites is 4. The van der Waals surface area contributed by atoms with Gasteiger partial charge < -0.3 is 13.2 Å². The minimum Gasteiger partial charge on any atom is -0.456 e. The average Bonchev–Trinajstić information content (AvgIpc) is 3.80. The van der Waals surface area contributed by atoms with E-state index in [1.165, 1.54) is 48.9 Å². The van der Waals surface area contributed by atoms with Crippen LogP contribution in [0, 0.1) is 0 Å². The van der Waals surface area contributed by atoms with Crippen molar-refractivity contribution in [2.24, 2.45) is 0 Å². The van der Waals surface area contributed by atoms with Crippen LogP contribution in [0.15, 0.2) is 136 Å². The zero-order valence-electron chi connectivity index (χ0n) is 22.9. The Labute approximate surface area is 244 Å². The van der Waals surface area contributed by atoms with Gasteiger partial charge in [0.25, 0.3) is 0 Å². The van der Waals surface area contributed by atoms with E-state index in [1.54, 1.807) is 0 Å². The number of hydrogen-bond donors (Lipinski definition) is 0. The van der Waals surface area contributed by atoms with E-state index in [-0.39, 0.29) is 0 Å². The number of nitrogens with zero attached hydrogens (tertiary/aromatic N) is 1. The van der Waals surface area contributed by atoms with Gasteiger partial charge in [0.15, 0.2) is 0 Å². The van der Waals surface area contributed by atoms with Crippen molar-refractivity contribution in [3.8, 4) is 11.1 Å². The fourth-order valence-electron chi connectivity index (χ4n) is 7.66. The Morgan fingerprint density at radius 1 is 0.419 bits per heavy atom. The van der Waals surface area contributed by atoms with Crippen molar-refractivity contribution < 1.29 is 8.83 Å². The molecule has 4 aromatic heterocycles. The molecule has 198 valence electrons. The fourth-order valence-corrected chi connectivity index (χ4v) is 7.66. The molecule has 0 aliphatic heterocycles. The molecule has 0 saturated heterocycles. The highest BCUT2D eigenvalue weighted by Gasteiger charge is 2.21. The topological polar surface area (TPSA) is 30.7 Å². The summed E-state index contributed by atoms with van der Waals surface area (Å²) in [4.78, 5) is 0. The molecule has 0 radical (unpaired) electrons. The van der Waals surface area contributed by atoms with Gasteiger partial charge in [-0.2, -0.15) is 0 Å². The summed E-state index contributed by atoms with van der Waals surface area (Å²) in [6.07, 6.45) is 0. The molecular formula is C40H21NO2. The lowest BCUT2D eigenvalue weighted by Crippen LogP contribution is -1.84. The first-order valence-electron chi connectivity index (χ1n) is 14.7. The largest absolute Gasteiger partial charge is 0.456 e. The van der Waals surface area contributed by atoms with E-state index < -0.39 is 0 Å². The van der Waals surface area contributed by atoms with Crippen LogP contribution in [-0.4, -0.2) is 4.40 Å². The highest BCUT2D eigenvalue weighted by molar-refractivity contribution is 6.30. The van der Waals surface area contributed by atoms with E-state index in [0.29, 0.717) is 0 Å². The molecule has 0 saturated carbocycles. The second-order valence-corrected chi connectivity index (χ2v) is 11.7. The average molecular weight is 548 g/mol. The molecule has 0 aliphatic carbocycles. The van der Waals surface area contributed by atoms with Crippen molar-refractivity contribution in [3.63, 3.8) is 0 Å². The van der Waals surface area contributed by atoms with Crippen molar-refractivity contribution in [2.75, 3.05) is 0 Å². The van der Waals surface area contributed by atoms with Crippen LogP contribution in [-0.2, 0) is 0 Å². The van der Waals surface area contributed by atoms with Crippen molar-refractivity contribution in [3.05, 3.63) is 127 Å². The summed E-state index contributed by atoms with van der Waals surface area (Å²) in [6.45, 7) is 0. The molecule has 0 bridgehead atoms.